The van der Waals surface area contributed by atoms with E-state index in [4.69, 9.17) is 4.84 Å². The number of H-pyrrole nitrogens is 2. The molecular weight excluding hydrogens is 222 g/mol. The fraction of sp³-hybridized carbons (Fsp3) is 0.286. The van der Waals surface area contributed by atoms with Gasteiger partial charge in [0, 0.05) is 6.42 Å². The number of imidazole rings is 1. The number of nitrogens with one attached hydrogen (secondary N) is 3. The van der Waals surface area contributed by atoms with Crippen molar-refractivity contribution in [2.75, 3.05) is 12.1 Å². The van der Waals surface area contributed by atoms with Crippen LogP contribution in [0.2, 0.25) is 0 Å². The average Bonchev–Trinajstić information content (AvgIpc) is 2.59. The van der Waals surface area contributed by atoms with Crippen molar-refractivity contribution >= 4 is 29.5 Å². The van der Waals surface area contributed by atoms with Gasteiger partial charge in [0.25, 0.3) is 5.56 Å². The first-order valence-electron chi connectivity index (χ1n) is 4.19. The molecule has 3 N–H and O–H groups in total. The smallest absolute Gasteiger partial charge is 0.278 e. The Kier molecular flexibility index (Phi) is 2.33. The summed E-state index contributed by atoms with van der Waals surface area (Å²) < 4.78 is 0. The molecule has 0 aliphatic carbocycles. The number of aromatic nitrogens is 4. The quantitative estimate of drug-likeness (QED) is 0.590. The second-order valence-electron chi connectivity index (χ2n) is 3.00. The van der Waals surface area contributed by atoms with E-state index in [1.807, 2.05) is 0 Å². The van der Waals surface area contributed by atoms with Crippen LogP contribution in [0.3, 0.4) is 0 Å². The molecule has 0 saturated carbocycles. The molecule has 0 fully saturated rings. The Labute approximate surface area is 89.6 Å². The Balaban J connectivity index is 0.000000853. The molecule has 3 bridgehead atoms. The number of nitrogens with zero attached hydrogens (tertiary/aromatic N) is 2. The van der Waals surface area contributed by atoms with E-state index < -0.39 is 0 Å². The summed E-state index contributed by atoms with van der Waals surface area (Å²) in [4.78, 5) is 30.1. The third-order valence-electron chi connectivity index (χ3n) is 2.02. The van der Waals surface area contributed by atoms with Gasteiger partial charge in [-0.25, -0.2) is 10.5 Å². The van der Waals surface area contributed by atoms with E-state index in [9.17, 15) is 4.79 Å². The number of halogens is 1. The van der Waals surface area contributed by atoms with Crippen LogP contribution in [0, 0.1) is 0 Å². The van der Waals surface area contributed by atoms with Crippen molar-refractivity contribution in [3.63, 3.8) is 0 Å². The summed E-state index contributed by atoms with van der Waals surface area (Å²) in [5, 5.41) is 0. The predicted molar refractivity (Wildman–Crippen MR) is 55.0 cm³/mol. The zero-order chi connectivity index (χ0) is 9.54. The number of hydrogen-bond acceptors (Lipinski definition) is 5. The molecule has 0 radical (unpaired) electrons. The highest BCUT2D eigenvalue weighted by molar-refractivity contribution is 5.85. The Bertz CT molecular complexity index is 548. The minimum atomic E-state index is -0.248. The molecule has 2 aromatic heterocycles. The third-order valence-corrected chi connectivity index (χ3v) is 2.02. The molecule has 0 spiro atoms. The van der Waals surface area contributed by atoms with Crippen LogP contribution < -0.4 is 11.0 Å². The minimum absolute atomic E-state index is 0. The average molecular weight is 230 g/mol. The van der Waals surface area contributed by atoms with Gasteiger partial charge in [0.05, 0.1) is 6.61 Å². The normalized spacial score (nSPS) is 14.1. The van der Waals surface area contributed by atoms with E-state index in [1.54, 1.807) is 0 Å². The van der Waals surface area contributed by atoms with Crippen LogP contribution in [0.15, 0.2) is 4.79 Å². The van der Waals surface area contributed by atoms with Gasteiger partial charge < -0.3 is 4.98 Å². The van der Waals surface area contributed by atoms with E-state index in [-0.39, 0.29) is 23.9 Å². The van der Waals surface area contributed by atoms with E-state index in [0.29, 0.717) is 30.0 Å². The summed E-state index contributed by atoms with van der Waals surface area (Å²) in [5.74, 6) is 0.987. The molecule has 0 aromatic carbocycles. The Morgan fingerprint density at radius 2 is 2.13 bits per heavy atom. The molecule has 7 nitrogen and oxygen atoms in total. The lowest BCUT2D eigenvalue weighted by molar-refractivity contribution is 0.193. The largest absolute Gasteiger partial charge is 0.336 e. The summed E-state index contributed by atoms with van der Waals surface area (Å²) in [6.07, 6.45) is 0.621. The fourth-order valence-electron chi connectivity index (χ4n) is 1.39. The van der Waals surface area contributed by atoms with Gasteiger partial charge in [0.15, 0.2) is 11.2 Å². The highest BCUT2D eigenvalue weighted by Crippen LogP contribution is 2.08. The van der Waals surface area contributed by atoms with E-state index >= 15 is 0 Å². The second-order valence-corrected chi connectivity index (χ2v) is 3.00. The lowest BCUT2D eigenvalue weighted by atomic mass is 10.4. The van der Waals surface area contributed by atoms with Gasteiger partial charge in [-0.05, 0) is 0 Å². The zero-order valence-electron chi connectivity index (χ0n) is 7.53. The predicted octanol–water partition coefficient (Wildman–Crippen LogP) is -0.0324. The summed E-state index contributed by atoms with van der Waals surface area (Å²) in [7, 11) is 0. The van der Waals surface area contributed by atoms with Crippen LogP contribution in [0.4, 0.5) is 5.95 Å². The van der Waals surface area contributed by atoms with Crippen LogP contribution in [0.1, 0.15) is 5.82 Å². The lowest BCUT2D eigenvalue weighted by Crippen LogP contribution is -2.15. The highest BCUT2D eigenvalue weighted by atomic mass is 35.5. The maximum atomic E-state index is 11.4. The molecule has 0 atom stereocenters. The van der Waals surface area contributed by atoms with Gasteiger partial charge in [-0.3, -0.25) is 14.6 Å². The number of anilines is 1. The molecule has 3 heterocycles. The number of hydrogen-bond donors (Lipinski definition) is 3. The first-order chi connectivity index (χ1) is 6.83. The van der Waals surface area contributed by atoms with Crippen LogP contribution in [0.5, 0.6) is 0 Å². The molecule has 8 heteroatoms. The molecular formula is C7H8ClN5O2. The van der Waals surface area contributed by atoms with Crippen molar-refractivity contribution in [3.8, 4) is 0 Å². The van der Waals surface area contributed by atoms with Crippen molar-refractivity contribution in [1.29, 1.82) is 0 Å². The van der Waals surface area contributed by atoms with Crippen molar-refractivity contribution in [2.24, 2.45) is 0 Å². The number of rotatable bonds is 0. The lowest BCUT2D eigenvalue weighted by Gasteiger charge is -2.04. The van der Waals surface area contributed by atoms with Crippen LogP contribution in [-0.2, 0) is 11.3 Å². The standard InChI is InChI=1S/C7H7N5O2.ClH/c13-6-4-5-9-3(8-4)1-2-14-12-7(10-5)11-6;/h1-2H2,(H3,8,9,10,11,12,13);1H. The first kappa shape index (κ1) is 9.94. The summed E-state index contributed by atoms with van der Waals surface area (Å²) in [6, 6.07) is 0. The molecule has 1 aliphatic heterocycles. The van der Waals surface area contributed by atoms with Crippen LogP contribution in [0.25, 0.3) is 11.2 Å². The Morgan fingerprint density at radius 1 is 1.27 bits per heavy atom. The third kappa shape index (κ3) is 1.55. The van der Waals surface area contributed by atoms with E-state index in [0.717, 1.165) is 0 Å². The summed E-state index contributed by atoms with van der Waals surface area (Å²) in [5.41, 5.74) is 3.12. The van der Waals surface area contributed by atoms with E-state index in [2.05, 4.69) is 25.4 Å². The molecule has 0 saturated heterocycles. The fourth-order valence-corrected chi connectivity index (χ4v) is 1.39. The molecule has 2 aromatic rings. The van der Waals surface area contributed by atoms with Gasteiger partial charge in [0.1, 0.15) is 5.82 Å². The molecule has 0 unspecified atom stereocenters. The minimum Gasteiger partial charge on any atom is -0.336 e. The molecule has 1 aliphatic rings. The van der Waals surface area contributed by atoms with Gasteiger partial charge >= 0.3 is 0 Å². The number of fused-ring (bicyclic) bond motifs is 2. The van der Waals surface area contributed by atoms with E-state index in [1.165, 1.54) is 0 Å². The summed E-state index contributed by atoms with van der Waals surface area (Å²) >= 11 is 0. The van der Waals surface area contributed by atoms with Crippen LogP contribution >= 0.6 is 12.4 Å². The van der Waals surface area contributed by atoms with Gasteiger partial charge in [-0.15, -0.1) is 12.4 Å². The van der Waals surface area contributed by atoms with Gasteiger partial charge in [-0.2, -0.15) is 4.98 Å². The maximum Gasteiger partial charge on any atom is 0.278 e. The summed E-state index contributed by atoms with van der Waals surface area (Å²) in [6.45, 7) is 0.473. The molecule has 3 rings (SSSR count). The van der Waals surface area contributed by atoms with Crippen molar-refractivity contribution in [3.05, 3.63) is 16.2 Å². The zero-order valence-corrected chi connectivity index (χ0v) is 8.35. The van der Waals surface area contributed by atoms with Crippen LogP contribution in [-0.4, -0.2) is 26.5 Å². The Morgan fingerprint density at radius 3 is 3.00 bits per heavy atom. The molecule has 15 heavy (non-hydrogen) atoms. The van der Waals surface area contributed by atoms with Gasteiger partial charge in [-0.1, -0.05) is 0 Å². The van der Waals surface area contributed by atoms with Crippen molar-refractivity contribution in [2.45, 2.75) is 6.42 Å². The molecule has 80 valence electrons. The number of aromatic amines is 2. The molecule has 0 amide bonds. The van der Waals surface area contributed by atoms with Gasteiger partial charge in [0.2, 0.25) is 5.95 Å². The highest BCUT2D eigenvalue weighted by Gasteiger charge is 2.11. The monoisotopic (exact) mass is 229 g/mol. The first-order valence-corrected chi connectivity index (χ1v) is 4.19. The second kappa shape index (κ2) is 3.52. The maximum absolute atomic E-state index is 11.4. The van der Waals surface area contributed by atoms with Crippen molar-refractivity contribution in [1.82, 2.24) is 19.9 Å². The Hall–Kier alpha value is -1.60. The topological polar surface area (TPSA) is 95.7 Å². The SMILES string of the molecule is Cl.O=c1[nH]c2nc3nc([nH]c13)CCON2. The van der Waals surface area contributed by atoms with Crippen molar-refractivity contribution < 1.29 is 4.84 Å².